The molecular weight excluding hydrogens is 236 g/mol. The second-order valence-electron chi connectivity index (χ2n) is 3.78. The van der Waals surface area contributed by atoms with Crippen LogP contribution < -0.4 is 5.32 Å². The molecule has 0 bridgehead atoms. The van der Waals surface area contributed by atoms with Crippen LogP contribution in [0.4, 0.5) is 0 Å². The van der Waals surface area contributed by atoms with Gasteiger partial charge in [0.05, 0.1) is 0 Å². The average Bonchev–Trinajstić information content (AvgIpc) is 2.75. The van der Waals surface area contributed by atoms with Crippen LogP contribution in [0.1, 0.15) is 10.4 Å². The van der Waals surface area contributed by atoms with Gasteiger partial charge in [0.25, 0.3) is 5.91 Å². The van der Waals surface area contributed by atoms with Crippen LogP contribution in [0.5, 0.6) is 0 Å². The third-order valence-corrected chi connectivity index (χ3v) is 3.29. The molecule has 1 heterocycles. The number of benzene rings is 1. The van der Waals surface area contributed by atoms with Gasteiger partial charge in [-0.15, -0.1) is 0 Å². The zero-order chi connectivity index (χ0) is 12.3. The highest BCUT2D eigenvalue weighted by Crippen LogP contribution is 2.16. The van der Waals surface area contributed by atoms with E-state index in [1.165, 1.54) is 0 Å². The first-order chi connectivity index (χ1) is 8.18. The van der Waals surface area contributed by atoms with Gasteiger partial charge in [-0.05, 0) is 18.2 Å². The SMILES string of the molecule is CS(=O)CCNC(=O)c1cccc2[nH]ccc12. The maximum atomic E-state index is 11.9. The van der Waals surface area contributed by atoms with Gasteiger partial charge in [-0.3, -0.25) is 9.00 Å². The topological polar surface area (TPSA) is 62.0 Å². The maximum absolute atomic E-state index is 11.9. The number of carbonyl (C=O) groups excluding carboxylic acids is 1. The van der Waals surface area contributed by atoms with Crippen molar-refractivity contribution in [3.8, 4) is 0 Å². The number of amides is 1. The van der Waals surface area contributed by atoms with E-state index in [0.29, 0.717) is 17.9 Å². The highest BCUT2D eigenvalue weighted by Gasteiger charge is 2.09. The summed E-state index contributed by atoms with van der Waals surface area (Å²) < 4.78 is 10.9. The number of hydrogen-bond acceptors (Lipinski definition) is 2. The van der Waals surface area contributed by atoms with E-state index in [2.05, 4.69) is 10.3 Å². The second kappa shape index (κ2) is 5.14. The predicted molar refractivity (Wildman–Crippen MR) is 69.6 cm³/mol. The monoisotopic (exact) mass is 250 g/mol. The Morgan fingerprint density at radius 2 is 2.24 bits per heavy atom. The molecule has 90 valence electrons. The number of nitrogens with one attached hydrogen (secondary N) is 2. The summed E-state index contributed by atoms with van der Waals surface area (Å²) in [5, 5.41) is 3.67. The molecule has 1 aromatic heterocycles. The van der Waals surface area contributed by atoms with Gasteiger partial charge >= 0.3 is 0 Å². The van der Waals surface area contributed by atoms with Crippen LogP contribution in [-0.4, -0.2) is 33.7 Å². The molecule has 0 fully saturated rings. The molecule has 1 aromatic carbocycles. The van der Waals surface area contributed by atoms with Crippen LogP contribution in [0.2, 0.25) is 0 Å². The smallest absolute Gasteiger partial charge is 0.251 e. The van der Waals surface area contributed by atoms with Crippen molar-refractivity contribution in [1.82, 2.24) is 10.3 Å². The van der Waals surface area contributed by atoms with Gasteiger partial charge in [-0.2, -0.15) is 0 Å². The summed E-state index contributed by atoms with van der Waals surface area (Å²) in [4.78, 5) is 15.0. The molecule has 2 rings (SSSR count). The van der Waals surface area contributed by atoms with Crippen LogP contribution in [-0.2, 0) is 10.8 Å². The number of aromatic amines is 1. The minimum atomic E-state index is -0.879. The number of carbonyl (C=O) groups is 1. The summed E-state index contributed by atoms with van der Waals surface area (Å²) in [6.45, 7) is 0.433. The fraction of sp³-hybridized carbons (Fsp3) is 0.250. The molecule has 0 radical (unpaired) electrons. The molecule has 4 nitrogen and oxygen atoms in total. The largest absolute Gasteiger partial charge is 0.361 e. The van der Waals surface area contributed by atoms with Gasteiger partial charge < -0.3 is 10.3 Å². The molecule has 2 aromatic rings. The van der Waals surface area contributed by atoms with Crippen molar-refractivity contribution < 1.29 is 9.00 Å². The Kier molecular flexibility index (Phi) is 3.58. The van der Waals surface area contributed by atoms with E-state index < -0.39 is 10.8 Å². The first kappa shape index (κ1) is 11.9. The molecule has 0 saturated heterocycles. The Bertz CT molecular complexity index is 562. The summed E-state index contributed by atoms with van der Waals surface area (Å²) in [7, 11) is -0.879. The van der Waals surface area contributed by atoms with Crippen LogP contribution in [0.3, 0.4) is 0 Å². The number of rotatable bonds is 4. The third kappa shape index (κ3) is 2.74. The third-order valence-electron chi connectivity index (χ3n) is 2.51. The van der Waals surface area contributed by atoms with Gasteiger partial charge in [0.2, 0.25) is 0 Å². The number of hydrogen-bond donors (Lipinski definition) is 2. The molecular formula is C12H14N2O2S. The van der Waals surface area contributed by atoms with E-state index >= 15 is 0 Å². The number of H-pyrrole nitrogens is 1. The lowest BCUT2D eigenvalue weighted by atomic mass is 10.1. The molecule has 2 N–H and O–H groups in total. The summed E-state index contributed by atoms with van der Waals surface area (Å²) >= 11 is 0. The molecule has 0 aliphatic carbocycles. The second-order valence-corrected chi connectivity index (χ2v) is 5.33. The van der Waals surface area contributed by atoms with Crippen molar-refractivity contribution in [1.29, 1.82) is 0 Å². The van der Waals surface area contributed by atoms with Crippen LogP contribution in [0.25, 0.3) is 10.9 Å². The van der Waals surface area contributed by atoms with E-state index in [0.717, 1.165) is 10.9 Å². The predicted octanol–water partition coefficient (Wildman–Crippen LogP) is 1.28. The first-order valence-corrected chi connectivity index (χ1v) is 7.05. The Hall–Kier alpha value is -1.62. The molecule has 5 heteroatoms. The Morgan fingerprint density at radius 3 is 3.00 bits per heavy atom. The lowest BCUT2D eigenvalue weighted by Crippen LogP contribution is -2.27. The van der Waals surface area contributed by atoms with Crippen LogP contribution in [0, 0.1) is 0 Å². The van der Waals surface area contributed by atoms with E-state index in [-0.39, 0.29) is 5.91 Å². The molecule has 1 unspecified atom stereocenters. The zero-order valence-corrected chi connectivity index (χ0v) is 10.3. The normalized spacial score (nSPS) is 12.5. The quantitative estimate of drug-likeness (QED) is 0.858. The van der Waals surface area contributed by atoms with Crippen LogP contribution in [0.15, 0.2) is 30.5 Å². The summed E-state index contributed by atoms with van der Waals surface area (Å²) in [5.74, 6) is 0.357. The molecule has 0 aliphatic heterocycles. The van der Waals surface area contributed by atoms with E-state index in [4.69, 9.17) is 0 Å². The van der Waals surface area contributed by atoms with E-state index in [9.17, 15) is 9.00 Å². The number of fused-ring (bicyclic) bond motifs is 1. The zero-order valence-electron chi connectivity index (χ0n) is 9.53. The highest BCUT2D eigenvalue weighted by molar-refractivity contribution is 7.84. The Labute approximate surface area is 102 Å². The highest BCUT2D eigenvalue weighted by atomic mass is 32.2. The molecule has 17 heavy (non-hydrogen) atoms. The van der Waals surface area contributed by atoms with Crippen molar-refractivity contribution in [3.63, 3.8) is 0 Å². The van der Waals surface area contributed by atoms with Crippen molar-refractivity contribution >= 4 is 27.6 Å². The van der Waals surface area contributed by atoms with Crippen LogP contribution >= 0.6 is 0 Å². The van der Waals surface area contributed by atoms with Crippen molar-refractivity contribution in [3.05, 3.63) is 36.0 Å². The van der Waals surface area contributed by atoms with Gasteiger partial charge in [0, 0.05) is 52.0 Å². The van der Waals surface area contributed by atoms with Gasteiger partial charge in [-0.25, -0.2) is 0 Å². The number of aromatic nitrogens is 1. The molecule has 1 atom stereocenters. The average molecular weight is 250 g/mol. The van der Waals surface area contributed by atoms with Crippen molar-refractivity contribution in [2.24, 2.45) is 0 Å². The summed E-state index contributed by atoms with van der Waals surface area (Å²) in [5.41, 5.74) is 1.59. The standard InChI is InChI=1S/C12H14N2O2S/c1-17(16)8-7-14-12(15)10-3-2-4-11-9(10)5-6-13-11/h2-6,13H,7-8H2,1H3,(H,14,15). The Morgan fingerprint density at radius 1 is 1.41 bits per heavy atom. The lowest BCUT2D eigenvalue weighted by Gasteiger charge is -2.05. The van der Waals surface area contributed by atoms with Gasteiger partial charge in [0.15, 0.2) is 0 Å². The molecule has 1 amide bonds. The molecule has 0 saturated carbocycles. The maximum Gasteiger partial charge on any atom is 0.251 e. The van der Waals surface area contributed by atoms with E-state index in [1.54, 1.807) is 12.3 Å². The first-order valence-electron chi connectivity index (χ1n) is 5.33. The van der Waals surface area contributed by atoms with Gasteiger partial charge in [0.1, 0.15) is 0 Å². The Balaban J connectivity index is 2.13. The van der Waals surface area contributed by atoms with E-state index in [1.807, 2.05) is 24.4 Å². The van der Waals surface area contributed by atoms with Gasteiger partial charge in [-0.1, -0.05) is 6.07 Å². The fourth-order valence-corrected chi connectivity index (χ4v) is 2.08. The summed E-state index contributed by atoms with van der Waals surface area (Å²) in [6, 6.07) is 7.43. The van der Waals surface area contributed by atoms with Crippen molar-refractivity contribution in [2.75, 3.05) is 18.6 Å². The van der Waals surface area contributed by atoms with Crippen molar-refractivity contribution in [2.45, 2.75) is 0 Å². The minimum Gasteiger partial charge on any atom is -0.361 e. The lowest BCUT2D eigenvalue weighted by molar-refractivity contribution is 0.0958. The summed E-state index contributed by atoms with van der Waals surface area (Å²) in [6.07, 6.45) is 3.43. The minimum absolute atomic E-state index is 0.124. The molecule has 0 spiro atoms. The fourth-order valence-electron chi connectivity index (χ4n) is 1.69. The molecule has 0 aliphatic rings.